The van der Waals surface area contributed by atoms with E-state index in [1.54, 1.807) is 25.2 Å². The van der Waals surface area contributed by atoms with E-state index >= 15 is 0 Å². The molecular weight excluding hydrogens is 520 g/mol. The number of hydrogen-bond donors (Lipinski definition) is 9. The maximum Gasteiger partial charge on any atom is 0.187 e. The van der Waals surface area contributed by atoms with Gasteiger partial charge >= 0.3 is 0 Å². The van der Waals surface area contributed by atoms with Gasteiger partial charge in [0.2, 0.25) is 0 Å². The van der Waals surface area contributed by atoms with Crippen LogP contribution in [0.4, 0.5) is 0 Å². The minimum absolute atomic E-state index is 0.0522. The average molecular weight is 559 g/mol. The zero-order valence-electron chi connectivity index (χ0n) is 21.4. The molecule has 2 aliphatic heterocycles. The Bertz CT molecular complexity index is 901. The second-order valence-electron chi connectivity index (χ2n) is 8.92. The van der Waals surface area contributed by atoms with Crippen LogP contribution in [0, 0.1) is 23.7 Å². The van der Waals surface area contributed by atoms with Crippen molar-refractivity contribution >= 4 is 0 Å². The third kappa shape index (κ3) is 9.60. The molecule has 2 saturated heterocycles. The van der Waals surface area contributed by atoms with Crippen molar-refractivity contribution in [2.45, 2.75) is 93.4 Å². The van der Waals surface area contributed by atoms with Crippen LogP contribution in [0.15, 0.2) is 24.3 Å². The summed E-state index contributed by atoms with van der Waals surface area (Å²) in [6.45, 7) is 0.519. The van der Waals surface area contributed by atoms with Crippen LogP contribution in [0.3, 0.4) is 0 Å². The van der Waals surface area contributed by atoms with Crippen molar-refractivity contribution in [2.24, 2.45) is 0 Å². The largest absolute Gasteiger partial charge is 0.396 e. The fourth-order valence-corrected chi connectivity index (χ4v) is 3.73. The molecule has 9 N–H and O–H groups in total. The lowest BCUT2D eigenvalue weighted by molar-refractivity contribution is -0.335. The number of aliphatic hydroxyl groups excluding tert-OH is 9. The van der Waals surface area contributed by atoms with Gasteiger partial charge in [-0.05, 0) is 37.7 Å². The maximum atomic E-state index is 10.6. The van der Waals surface area contributed by atoms with Gasteiger partial charge in [0.15, 0.2) is 12.6 Å². The van der Waals surface area contributed by atoms with Crippen molar-refractivity contribution < 1.29 is 64.9 Å². The monoisotopic (exact) mass is 558 g/mol. The lowest BCUT2D eigenvalue weighted by atomic mass is 9.98. The predicted molar refractivity (Wildman–Crippen MR) is 133 cm³/mol. The van der Waals surface area contributed by atoms with Crippen molar-refractivity contribution in [2.75, 3.05) is 19.8 Å². The number of ether oxygens (including phenoxy) is 4. The fraction of sp³-hybridized carbons (Fsp3) is 0.692. The molecule has 0 aromatic heterocycles. The highest BCUT2D eigenvalue weighted by Crippen LogP contribution is 2.27. The third-order valence-corrected chi connectivity index (χ3v) is 6.00. The molecule has 0 radical (unpaired) electrons. The molecule has 0 bridgehead atoms. The molecule has 13 nitrogen and oxygen atoms in total. The smallest absolute Gasteiger partial charge is 0.187 e. The van der Waals surface area contributed by atoms with Crippen LogP contribution in [0.5, 0.6) is 0 Å². The van der Waals surface area contributed by atoms with Crippen molar-refractivity contribution in [3.05, 3.63) is 24.3 Å². The SMILES string of the molecule is CC=CC#CC#C[C@@H](O)[C@@H](C=CCCCO)O[C@@H]1O[C@H](CO[C@@H]2O[C@H](CO)[C@@H](O)[C@H](O)[C@H]2O)[C@@H](O)[C@H](O)[C@H]1O. The van der Waals surface area contributed by atoms with Gasteiger partial charge in [0.25, 0.3) is 0 Å². The number of rotatable bonds is 11. The maximum absolute atomic E-state index is 10.6. The summed E-state index contributed by atoms with van der Waals surface area (Å²) in [4.78, 5) is 0. The quantitative estimate of drug-likeness (QED) is 0.0677. The molecule has 0 aromatic carbocycles. The summed E-state index contributed by atoms with van der Waals surface area (Å²) in [6, 6.07) is 0. The molecule has 0 spiro atoms. The first-order valence-corrected chi connectivity index (χ1v) is 12.5. The van der Waals surface area contributed by atoms with Crippen molar-refractivity contribution in [3.8, 4) is 23.7 Å². The minimum atomic E-state index is -1.76. The van der Waals surface area contributed by atoms with Crippen molar-refractivity contribution in [1.82, 2.24) is 0 Å². The molecule has 0 saturated carbocycles. The van der Waals surface area contributed by atoms with E-state index in [9.17, 15) is 40.9 Å². The summed E-state index contributed by atoms with van der Waals surface area (Å²) >= 11 is 0. The predicted octanol–water partition coefficient (Wildman–Crippen LogP) is -3.73. The molecule has 220 valence electrons. The molecule has 2 rings (SSSR count). The van der Waals surface area contributed by atoms with E-state index in [1.807, 2.05) is 0 Å². The number of hydrogen-bond acceptors (Lipinski definition) is 13. The Balaban J connectivity index is 2.13. The van der Waals surface area contributed by atoms with Crippen molar-refractivity contribution in [1.29, 1.82) is 0 Å². The Labute approximate surface area is 226 Å². The van der Waals surface area contributed by atoms with Gasteiger partial charge in [0, 0.05) is 6.61 Å². The van der Waals surface area contributed by atoms with Crippen LogP contribution >= 0.6 is 0 Å². The van der Waals surface area contributed by atoms with Crippen LogP contribution in [0.2, 0.25) is 0 Å². The molecule has 0 aliphatic carbocycles. The number of aliphatic hydroxyl groups is 9. The molecule has 39 heavy (non-hydrogen) atoms. The van der Waals surface area contributed by atoms with E-state index in [1.165, 1.54) is 6.08 Å². The van der Waals surface area contributed by atoms with E-state index in [-0.39, 0.29) is 6.61 Å². The summed E-state index contributed by atoms with van der Waals surface area (Å²) < 4.78 is 22.0. The molecule has 2 heterocycles. The molecule has 0 amide bonds. The van der Waals surface area contributed by atoms with Gasteiger partial charge in [0.05, 0.1) is 13.2 Å². The molecular formula is C26H38O13. The second kappa shape index (κ2) is 17.0. The molecule has 0 unspecified atom stereocenters. The Kier molecular flexibility index (Phi) is 14.5. The normalized spacial score (nSPS) is 36.7. The van der Waals surface area contributed by atoms with Gasteiger partial charge in [-0.2, -0.15) is 0 Å². The minimum Gasteiger partial charge on any atom is -0.396 e. The van der Waals surface area contributed by atoms with Gasteiger partial charge in [0.1, 0.15) is 61.0 Å². The summed E-state index contributed by atoms with van der Waals surface area (Å²) in [5, 5.41) is 90.1. The summed E-state index contributed by atoms with van der Waals surface area (Å²) in [6.07, 6.45) is -11.2. The van der Waals surface area contributed by atoms with Crippen LogP contribution in [0.25, 0.3) is 0 Å². The van der Waals surface area contributed by atoms with Crippen LogP contribution in [0.1, 0.15) is 19.8 Å². The lowest BCUT2D eigenvalue weighted by Crippen LogP contribution is -2.62. The number of unbranched alkanes of at least 4 members (excludes halogenated alkanes) is 1. The van der Waals surface area contributed by atoms with Crippen LogP contribution in [-0.4, -0.2) is 139 Å². The van der Waals surface area contributed by atoms with E-state index in [4.69, 9.17) is 24.1 Å². The van der Waals surface area contributed by atoms with Gasteiger partial charge < -0.3 is 64.9 Å². The van der Waals surface area contributed by atoms with E-state index in [2.05, 4.69) is 23.7 Å². The molecule has 2 aliphatic rings. The van der Waals surface area contributed by atoms with Crippen molar-refractivity contribution in [3.63, 3.8) is 0 Å². The first-order chi connectivity index (χ1) is 18.7. The van der Waals surface area contributed by atoms with E-state index < -0.39 is 86.8 Å². The van der Waals surface area contributed by atoms with E-state index in [0.717, 1.165) is 0 Å². The zero-order valence-corrected chi connectivity index (χ0v) is 21.4. The second-order valence-corrected chi connectivity index (χ2v) is 8.92. The van der Waals surface area contributed by atoms with Gasteiger partial charge in [-0.15, -0.1) is 0 Å². The first-order valence-electron chi connectivity index (χ1n) is 12.5. The number of allylic oxidation sites excluding steroid dienone is 3. The highest BCUT2D eigenvalue weighted by molar-refractivity contribution is 5.32. The summed E-state index contributed by atoms with van der Waals surface area (Å²) in [7, 11) is 0. The first kappa shape index (κ1) is 33.3. The highest BCUT2D eigenvalue weighted by Gasteiger charge is 2.48. The Morgan fingerprint density at radius 3 is 2.13 bits per heavy atom. The van der Waals surface area contributed by atoms with Gasteiger partial charge in [-0.1, -0.05) is 30.1 Å². The summed E-state index contributed by atoms with van der Waals surface area (Å²) in [5.74, 6) is 10.1. The Morgan fingerprint density at radius 1 is 0.846 bits per heavy atom. The Hall–Kier alpha value is -1.92. The lowest BCUT2D eigenvalue weighted by Gasteiger charge is -2.43. The molecule has 2 fully saturated rings. The Morgan fingerprint density at radius 2 is 1.49 bits per heavy atom. The summed E-state index contributed by atoms with van der Waals surface area (Å²) in [5.41, 5.74) is 0. The molecule has 12 atom stereocenters. The average Bonchev–Trinajstić information content (AvgIpc) is 2.93. The van der Waals surface area contributed by atoms with Gasteiger partial charge in [-0.25, -0.2) is 0 Å². The molecule has 0 aromatic rings. The van der Waals surface area contributed by atoms with Crippen LogP contribution < -0.4 is 0 Å². The molecule has 13 heteroatoms. The van der Waals surface area contributed by atoms with Crippen LogP contribution in [-0.2, 0) is 18.9 Å². The highest BCUT2D eigenvalue weighted by atomic mass is 16.7. The van der Waals surface area contributed by atoms with Gasteiger partial charge in [-0.3, -0.25) is 0 Å². The third-order valence-electron chi connectivity index (χ3n) is 6.00. The topological polar surface area (TPSA) is 219 Å². The standard InChI is InChI=1S/C26H38O13/c1-2-3-4-5-7-10-15(29)16(11-8-6-9-12-27)37-26-24(35)22(33)20(31)18(39-26)14-36-25-23(34)21(32)19(30)17(13-28)38-25/h2-3,8,11,15-35H,6,9,12-14H2,1H3/t15-,16-,17-,18-,19-,20-,21+,22+,23-,24-,25-,26-/m1/s1. The van der Waals surface area contributed by atoms with E-state index in [0.29, 0.717) is 12.8 Å². The zero-order chi connectivity index (χ0) is 28.9. The fourth-order valence-electron chi connectivity index (χ4n) is 3.73.